The van der Waals surface area contributed by atoms with Gasteiger partial charge in [-0.05, 0) is 25.9 Å². The Labute approximate surface area is 284 Å². The van der Waals surface area contributed by atoms with Crippen LogP contribution < -0.4 is 39.7 Å². The van der Waals surface area contributed by atoms with Gasteiger partial charge < -0.3 is 109 Å². The molecule has 49 heavy (non-hydrogen) atoms. The van der Waals surface area contributed by atoms with E-state index in [0.717, 1.165) is 6.42 Å². The van der Waals surface area contributed by atoms with Crippen LogP contribution >= 0.6 is 0 Å². The van der Waals surface area contributed by atoms with Crippen molar-refractivity contribution >= 4 is 0 Å². The summed E-state index contributed by atoms with van der Waals surface area (Å²) in [5.74, 6) is 0. The van der Waals surface area contributed by atoms with Gasteiger partial charge in [-0.2, -0.15) is 0 Å². The van der Waals surface area contributed by atoms with Crippen molar-refractivity contribution in [2.45, 2.75) is 129 Å². The van der Waals surface area contributed by atoms with Crippen molar-refractivity contribution in [3.8, 4) is 0 Å². The Bertz CT molecular complexity index is 983. The lowest BCUT2D eigenvalue weighted by Crippen LogP contribution is -2.68. The first-order valence-corrected chi connectivity index (χ1v) is 16.7. The molecule has 1 aliphatic carbocycles. The van der Waals surface area contributed by atoms with E-state index in [1.54, 1.807) is 0 Å². The summed E-state index contributed by atoms with van der Waals surface area (Å²) in [5, 5.41) is 76.0. The zero-order valence-corrected chi connectivity index (χ0v) is 27.3. The summed E-state index contributed by atoms with van der Waals surface area (Å²) >= 11 is 0. The molecule has 3 aliphatic heterocycles. The second kappa shape index (κ2) is 18.8. The van der Waals surface area contributed by atoms with Gasteiger partial charge in [-0.15, -0.1) is 0 Å². The molecule has 0 amide bonds. The van der Waals surface area contributed by atoms with Crippen LogP contribution in [0.25, 0.3) is 0 Å². The minimum absolute atomic E-state index is 0.0839. The lowest BCUT2D eigenvalue weighted by Gasteiger charge is -2.47. The SMILES string of the molecule is NCCCNCCO[C@H]1[C@H](O[C@@H]2[C@@H](O)[C@H](N)C[C@H](N)[C@H]2O[C@H]2O[C@H](CO)[C@@H](O)[C@H](O)[C@H]2N)O[C@H](CO)[C@H]1O[C@@H]1O[C@H](CN)[C@H](O)[C@@H](O)[C@@H]1N. The second-order valence-electron chi connectivity index (χ2n) is 12.9. The Morgan fingerprint density at radius 1 is 0.592 bits per heavy atom. The first-order chi connectivity index (χ1) is 23.4. The summed E-state index contributed by atoms with van der Waals surface area (Å²) in [5.41, 5.74) is 36.2. The molecule has 0 bridgehead atoms. The molecule has 0 aromatic rings. The molecule has 0 aromatic heterocycles. The molecule has 0 spiro atoms. The predicted molar refractivity (Wildman–Crippen MR) is 167 cm³/mol. The number of rotatable bonds is 16. The van der Waals surface area contributed by atoms with Gasteiger partial charge in [0, 0.05) is 25.2 Å². The Hall–Kier alpha value is -0.840. The fourth-order valence-electron chi connectivity index (χ4n) is 6.47. The van der Waals surface area contributed by atoms with Gasteiger partial charge >= 0.3 is 0 Å². The van der Waals surface area contributed by atoms with Crippen molar-refractivity contribution in [1.82, 2.24) is 5.32 Å². The van der Waals surface area contributed by atoms with Crippen LogP contribution in [0, 0.1) is 0 Å². The third kappa shape index (κ3) is 9.40. The number of aliphatic hydroxyl groups is 7. The van der Waals surface area contributed by atoms with Crippen LogP contribution in [0.3, 0.4) is 0 Å². The van der Waals surface area contributed by atoms with Crippen molar-refractivity contribution in [2.75, 3.05) is 46.0 Å². The highest BCUT2D eigenvalue weighted by Gasteiger charge is 2.55. The average molecular weight is 716 g/mol. The van der Waals surface area contributed by atoms with E-state index in [0.29, 0.717) is 19.6 Å². The van der Waals surface area contributed by atoms with Crippen molar-refractivity contribution in [1.29, 1.82) is 0 Å². The second-order valence-corrected chi connectivity index (χ2v) is 12.9. The zero-order chi connectivity index (χ0) is 36.0. The van der Waals surface area contributed by atoms with E-state index in [4.69, 9.17) is 67.6 Å². The van der Waals surface area contributed by atoms with E-state index in [9.17, 15) is 35.7 Å². The largest absolute Gasteiger partial charge is 0.394 e. The van der Waals surface area contributed by atoms with Gasteiger partial charge in [0.05, 0.1) is 38.0 Å². The minimum atomic E-state index is -1.52. The molecule has 3 saturated heterocycles. The zero-order valence-electron chi connectivity index (χ0n) is 27.3. The Kier molecular flexibility index (Phi) is 15.7. The van der Waals surface area contributed by atoms with E-state index in [-0.39, 0.29) is 19.6 Å². The number of nitrogens with one attached hydrogen (secondary N) is 1. The van der Waals surface area contributed by atoms with Crippen LogP contribution in [0.15, 0.2) is 0 Å². The highest BCUT2D eigenvalue weighted by atomic mass is 16.8. The maximum Gasteiger partial charge on any atom is 0.187 e. The number of hydrogen-bond acceptors (Lipinski definition) is 21. The Balaban J connectivity index is 1.57. The molecular formula is C28H57N7O14. The van der Waals surface area contributed by atoms with Crippen molar-refractivity contribution in [3.05, 3.63) is 0 Å². The maximum absolute atomic E-state index is 11.3. The van der Waals surface area contributed by atoms with E-state index in [1.807, 2.05) is 0 Å². The Morgan fingerprint density at radius 2 is 1.14 bits per heavy atom. The first-order valence-electron chi connectivity index (χ1n) is 16.7. The molecule has 0 aromatic carbocycles. The molecule has 21 nitrogen and oxygen atoms in total. The predicted octanol–water partition coefficient (Wildman–Crippen LogP) is -8.90. The van der Waals surface area contributed by atoms with Gasteiger partial charge in [-0.25, -0.2) is 0 Å². The third-order valence-corrected chi connectivity index (χ3v) is 9.44. The molecule has 4 aliphatic rings. The fourth-order valence-corrected chi connectivity index (χ4v) is 6.47. The molecule has 4 rings (SSSR count). The third-order valence-electron chi connectivity index (χ3n) is 9.44. The van der Waals surface area contributed by atoms with Crippen LogP contribution in [-0.2, 0) is 33.2 Å². The highest BCUT2D eigenvalue weighted by Crippen LogP contribution is 2.35. The summed E-state index contributed by atoms with van der Waals surface area (Å²) < 4.78 is 42.2. The van der Waals surface area contributed by atoms with E-state index in [1.165, 1.54) is 0 Å². The number of ether oxygens (including phenoxy) is 7. The molecule has 0 radical (unpaired) electrons. The number of nitrogens with two attached hydrogens (primary N) is 6. The lowest BCUT2D eigenvalue weighted by molar-refractivity contribution is -0.311. The van der Waals surface area contributed by atoms with Crippen molar-refractivity contribution < 1.29 is 68.9 Å². The summed E-state index contributed by atoms with van der Waals surface area (Å²) in [4.78, 5) is 0. The van der Waals surface area contributed by atoms with Crippen LogP contribution in [0.2, 0.25) is 0 Å². The molecule has 19 atom stereocenters. The van der Waals surface area contributed by atoms with Crippen LogP contribution in [0.1, 0.15) is 12.8 Å². The summed E-state index contributed by atoms with van der Waals surface area (Å²) in [6, 6.07) is -4.23. The number of aliphatic hydroxyl groups excluding tert-OH is 7. The Morgan fingerprint density at radius 3 is 1.73 bits per heavy atom. The molecule has 3 heterocycles. The normalized spacial score (nSPS) is 47.8. The summed E-state index contributed by atoms with van der Waals surface area (Å²) in [7, 11) is 0. The molecular weight excluding hydrogens is 658 g/mol. The van der Waals surface area contributed by atoms with Gasteiger partial charge in [0.15, 0.2) is 18.9 Å². The monoisotopic (exact) mass is 715 g/mol. The van der Waals surface area contributed by atoms with Gasteiger partial charge in [-0.1, -0.05) is 0 Å². The van der Waals surface area contributed by atoms with Crippen molar-refractivity contribution in [3.63, 3.8) is 0 Å². The van der Waals surface area contributed by atoms with E-state index < -0.39 is 129 Å². The van der Waals surface area contributed by atoms with E-state index in [2.05, 4.69) is 5.32 Å². The summed E-state index contributed by atoms with van der Waals surface area (Å²) in [6.45, 7) is 0.208. The summed E-state index contributed by atoms with van der Waals surface area (Å²) in [6.07, 6.45) is -18.5. The molecule has 20 N–H and O–H groups in total. The van der Waals surface area contributed by atoms with Crippen LogP contribution in [-0.4, -0.2) is 198 Å². The fraction of sp³-hybridized carbons (Fsp3) is 1.00. The van der Waals surface area contributed by atoms with Gasteiger partial charge in [-0.3, -0.25) is 0 Å². The lowest BCUT2D eigenvalue weighted by atomic mass is 9.84. The van der Waals surface area contributed by atoms with Crippen LogP contribution in [0.4, 0.5) is 0 Å². The average Bonchev–Trinajstić information content (AvgIpc) is 3.41. The van der Waals surface area contributed by atoms with Gasteiger partial charge in [0.25, 0.3) is 0 Å². The van der Waals surface area contributed by atoms with Gasteiger partial charge in [0.2, 0.25) is 0 Å². The maximum atomic E-state index is 11.3. The molecule has 4 fully saturated rings. The quantitative estimate of drug-likeness (QED) is 0.0659. The highest BCUT2D eigenvalue weighted by molar-refractivity contribution is 5.02. The molecule has 1 saturated carbocycles. The smallest absolute Gasteiger partial charge is 0.187 e. The van der Waals surface area contributed by atoms with Crippen molar-refractivity contribution in [2.24, 2.45) is 34.4 Å². The topological polar surface area (TPSA) is 374 Å². The van der Waals surface area contributed by atoms with Crippen LogP contribution in [0.5, 0.6) is 0 Å². The van der Waals surface area contributed by atoms with E-state index >= 15 is 0 Å². The minimum Gasteiger partial charge on any atom is -0.394 e. The number of hydrogen-bond donors (Lipinski definition) is 14. The van der Waals surface area contributed by atoms with Gasteiger partial charge in [0.1, 0.15) is 67.1 Å². The first kappa shape index (κ1) is 40.9. The molecule has 21 heteroatoms. The molecule has 288 valence electrons. The molecule has 0 unspecified atom stereocenters. The standard InChI is InChI=1S/C28H57N7O14/c29-2-1-3-35-4-5-43-25-23(48-26-15(33)20(41)18(39)12(7-30)44-26)14(9-37)46-28(25)49-24-17(38)10(31)6-11(32)22(24)47-27-16(34)21(42)19(40)13(8-36)45-27/h10-28,35-42H,1-9,29-34H2/t10-,11+,12-,13-,14-,15+,16-,17+,18+,19-,20+,21-,22-,23-,24-,25-,26+,27-,28+/m1/s1.